The van der Waals surface area contributed by atoms with Crippen LogP contribution < -0.4 is 0 Å². The highest BCUT2D eigenvalue weighted by atomic mass is 35.5. The smallest absolute Gasteiger partial charge is 0.293 e. The van der Waals surface area contributed by atoms with Crippen molar-refractivity contribution in [2.45, 2.75) is 5.37 Å². The average Bonchev–Trinajstić information content (AvgIpc) is 3.27. The van der Waals surface area contributed by atoms with Gasteiger partial charge in [0.2, 0.25) is 5.91 Å². The molecule has 1 unspecified atom stereocenters. The second-order valence-corrected chi connectivity index (χ2v) is 9.49. The first-order valence-corrected chi connectivity index (χ1v) is 11.7. The first-order chi connectivity index (χ1) is 15.3. The summed E-state index contributed by atoms with van der Waals surface area (Å²) < 4.78 is 0. The third kappa shape index (κ3) is 4.67. The number of benzene rings is 2. The quantitative estimate of drug-likeness (QED) is 0.333. The first kappa shape index (κ1) is 22.4. The molecule has 4 rings (SSSR count). The highest BCUT2D eigenvalue weighted by Crippen LogP contribution is 2.40. The van der Waals surface area contributed by atoms with E-state index in [1.807, 2.05) is 0 Å². The molecule has 2 saturated heterocycles. The van der Waals surface area contributed by atoms with Crippen LogP contribution in [0.15, 0.2) is 53.4 Å². The summed E-state index contributed by atoms with van der Waals surface area (Å²) in [6.45, 7) is 0.186. The summed E-state index contributed by atoms with van der Waals surface area (Å²) in [6, 6.07) is 13.0. The van der Waals surface area contributed by atoms with Crippen LogP contribution in [-0.4, -0.2) is 50.6 Å². The zero-order valence-corrected chi connectivity index (χ0v) is 18.9. The Bertz CT molecular complexity index is 1140. The van der Waals surface area contributed by atoms with Gasteiger partial charge in [0.25, 0.3) is 16.8 Å². The van der Waals surface area contributed by atoms with Gasteiger partial charge in [-0.1, -0.05) is 35.9 Å². The fourth-order valence-electron chi connectivity index (χ4n) is 3.37. The van der Waals surface area contributed by atoms with Crippen LogP contribution in [0.4, 0.5) is 10.5 Å². The lowest BCUT2D eigenvalue weighted by Gasteiger charge is -2.25. The number of nitro benzene ring substituents is 1. The van der Waals surface area contributed by atoms with E-state index in [9.17, 15) is 24.5 Å². The number of carbonyl (C=O) groups excluding carboxylic acids is 3. The van der Waals surface area contributed by atoms with Gasteiger partial charge in [-0.2, -0.15) is 0 Å². The first-order valence-electron chi connectivity index (χ1n) is 9.50. The fraction of sp³-hybridized carbons (Fsp3) is 0.190. The van der Waals surface area contributed by atoms with Gasteiger partial charge < -0.3 is 4.90 Å². The van der Waals surface area contributed by atoms with E-state index in [1.54, 1.807) is 47.4 Å². The van der Waals surface area contributed by atoms with Gasteiger partial charge in [-0.05, 0) is 41.1 Å². The zero-order valence-electron chi connectivity index (χ0n) is 16.5. The van der Waals surface area contributed by atoms with Crippen molar-refractivity contribution in [3.63, 3.8) is 0 Å². The molecular weight excluding hydrogens is 474 g/mol. The van der Waals surface area contributed by atoms with Crippen molar-refractivity contribution in [3.8, 4) is 0 Å². The van der Waals surface area contributed by atoms with Crippen molar-refractivity contribution in [1.82, 2.24) is 9.80 Å². The second kappa shape index (κ2) is 9.35. The Morgan fingerprint density at radius 3 is 2.59 bits per heavy atom. The third-order valence-corrected chi connectivity index (χ3v) is 7.36. The number of hydrogen-bond acceptors (Lipinski definition) is 7. The number of halogens is 1. The van der Waals surface area contributed by atoms with Crippen LogP contribution in [0.1, 0.15) is 16.5 Å². The number of rotatable bonds is 6. The number of nitrogens with zero attached hydrogens (tertiary/aromatic N) is 3. The summed E-state index contributed by atoms with van der Waals surface area (Å²) in [6.07, 6.45) is 1.63. The Morgan fingerprint density at radius 2 is 1.88 bits per heavy atom. The maximum Gasteiger partial charge on any atom is 0.293 e. The predicted molar refractivity (Wildman–Crippen MR) is 124 cm³/mol. The Hall–Kier alpha value is -2.82. The highest BCUT2D eigenvalue weighted by molar-refractivity contribution is 8.18. The van der Waals surface area contributed by atoms with Crippen LogP contribution in [0.2, 0.25) is 5.02 Å². The largest absolute Gasteiger partial charge is 0.324 e. The molecule has 1 atom stereocenters. The van der Waals surface area contributed by atoms with Gasteiger partial charge in [0.1, 0.15) is 5.37 Å². The maximum absolute atomic E-state index is 12.8. The molecule has 2 aromatic carbocycles. The molecule has 11 heteroatoms. The molecule has 8 nitrogen and oxygen atoms in total. The summed E-state index contributed by atoms with van der Waals surface area (Å²) in [4.78, 5) is 51.2. The Labute approximate surface area is 196 Å². The van der Waals surface area contributed by atoms with Crippen molar-refractivity contribution >= 4 is 63.9 Å². The van der Waals surface area contributed by atoms with Crippen LogP contribution in [-0.2, 0) is 9.59 Å². The van der Waals surface area contributed by atoms with Gasteiger partial charge in [0.15, 0.2) is 0 Å². The van der Waals surface area contributed by atoms with Crippen LogP contribution in [0.25, 0.3) is 6.08 Å². The van der Waals surface area contributed by atoms with E-state index >= 15 is 0 Å². The summed E-state index contributed by atoms with van der Waals surface area (Å²) in [7, 11) is 0. The van der Waals surface area contributed by atoms with Crippen molar-refractivity contribution in [3.05, 3.63) is 79.7 Å². The van der Waals surface area contributed by atoms with Crippen LogP contribution in [0, 0.1) is 10.1 Å². The summed E-state index contributed by atoms with van der Waals surface area (Å²) in [5, 5.41) is 10.8. The number of hydrogen-bond donors (Lipinski definition) is 0. The van der Waals surface area contributed by atoms with Crippen LogP contribution in [0.3, 0.4) is 0 Å². The van der Waals surface area contributed by atoms with E-state index in [1.165, 1.54) is 23.9 Å². The second-order valence-electron chi connectivity index (χ2n) is 6.99. The lowest BCUT2D eigenvalue weighted by molar-refractivity contribution is -0.384. The van der Waals surface area contributed by atoms with Gasteiger partial charge in [-0.3, -0.25) is 29.4 Å². The number of thioether (sulfide) groups is 2. The minimum absolute atomic E-state index is 0.0420. The summed E-state index contributed by atoms with van der Waals surface area (Å²) in [5.74, 6) is -0.331. The molecule has 2 heterocycles. The van der Waals surface area contributed by atoms with E-state index in [4.69, 9.17) is 11.6 Å². The minimum Gasteiger partial charge on any atom is -0.324 e. The van der Waals surface area contributed by atoms with Crippen LogP contribution in [0.5, 0.6) is 0 Å². The molecule has 0 radical (unpaired) electrons. The van der Waals surface area contributed by atoms with Gasteiger partial charge in [-0.15, -0.1) is 11.8 Å². The van der Waals surface area contributed by atoms with Gasteiger partial charge in [0, 0.05) is 30.2 Å². The molecule has 3 amide bonds. The summed E-state index contributed by atoms with van der Waals surface area (Å²) >= 11 is 8.08. The number of non-ortho nitro benzene ring substituents is 1. The number of carbonyl (C=O) groups is 3. The highest BCUT2D eigenvalue weighted by Gasteiger charge is 2.38. The predicted octanol–water partition coefficient (Wildman–Crippen LogP) is 4.56. The van der Waals surface area contributed by atoms with E-state index < -0.39 is 21.4 Å². The molecule has 164 valence electrons. The van der Waals surface area contributed by atoms with Crippen LogP contribution >= 0.6 is 35.1 Å². The van der Waals surface area contributed by atoms with Crippen molar-refractivity contribution in [2.75, 3.05) is 18.8 Å². The molecule has 2 aliphatic heterocycles. The van der Waals surface area contributed by atoms with E-state index in [0.717, 1.165) is 22.2 Å². The average molecular weight is 490 g/mol. The molecule has 2 aromatic rings. The van der Waals surface area contributed by atoms with Gasteiger partial charge in [0.05, 0.1) is 15.6 Å². The number of amides is 3. The minimum atomic E-state index is -0.484. The van der Waals surface area contributed by atoms with Gasteiger partial charge >= 0.3 is 0 Å². The molecule has 0 aromatic heterocycles. The molecule has 0 aliphatic carbocycles. The van der Waals surface area contributed by atoms with Crippen molar-refractivity contribution < 1.29 is 19.3 Å². The Balaban J connectivity index is 1.47. The molecule has 0 bridgehead atoms. The molecule has 2 fully saturated rings. The molecule has 0 spiro atoms. The Kier molecular flexibility index (Phi) is 6.54. The van der Waals surface area contributed by atoms with E-state index in [0.29, 0.717) is 15.5 Å². The number of nitro groups is 1. The standard InChI is InChI=1S/C21H16ClN3O5S2/c22-15-6-4-13(5-7-15)10-17-19(27)24(21(28)32-17)9-8-23-18(26)12-31-20(23)14-2-1-3-16(11-14)25(29)30/h1-7,10-11,20H,8-9,12H2/b17-10-. The maximum atomic E-state index is 12.8. The van der Waals surface area contributed by atoms with Crippen molar-refractivity contribution in [1.29, 1.82) is 0 Å². The molecule has 0 saturated carbocycles. The lowest BCUT2D eigenvalue weighted by atomic mass is 10.2. The fourth-order valence-corrected chi connectivity index (χ4v) is 5.57. The zero-order chi connectivity index (χ0) is 22.8. The molecule has 0 N–H and O–H groups in total. The van der Waals surface area contributed by atoms with E-state index in [-0.39, 0.29) is 30.4 Å². The lowest BCUT2D eigenvalue weighted by Crippen LogP contribution is -2.39. The monoisotopic (exact) mass is 489 g/mol. The third-order valence-electron chi connectivity index (χ3n) is 4.94. The molecule has 32 heavy (non-hydrogen) atoms. The Morgan fingerprint density at radius 1 is 1.12 bits per heavy atom. The van der Waals surface area contributed by atoms with E-state index in [2.05, 4.69) is 0 Å². The van der Waals surface area contributed by atoms with Gasteiger partial charge in [-0.25, -0.2) is 0 Å². The number of imide groups is 1. The van der Waals surface area contributed by atoms with Crippen molar-refractivity contribution in [2.24, 2.45) is 0 Å². The normalized spacial score (nSPS) is 20.0. The summed E-state index contributed by atoms with van der Waals surface area (Å²) in [5.41, 5.74) is 1.32. The molecule has 2 aliphatic rings. The molecular formula is C21H16ClN3O5S2. The topological polar surface area (TPSA) is 101 Å². The SMILES string of the molecule is O=C1S/C(=C\c2ccc(Cl)cc2)C(=O)N1CCN1C(=O)CSC1c1cccc([N+](=O)[O-])c1.